The van der Waals surface area contributed by atoms with E-state index in [0.717, 1.165) is 76.5 Å². The van der Waals surface area contributed by atoms with Gasteiger partial charge in [0.2, 0.25) is 0 Å². The molecule has 9 heteroatoms. The Morgan fingerprint density at radius 3 is 2.67 bits per heavy atom. The summed E-state index contributed by atoms with van der Waals surface area (Å²) in [6, 6.07) is 1.79. The molecule has 1 atom stereocenters. The molecule has 8 nitrogen and oxygen atoms in total. The first kappa shape index (κ1) is 24.9. The van der Waals surface area contributed by atoms with Crippen LogP contribution in [0.1, 0.15) is 48.2 Å². The molecule has 0 bridgehead atoms. The minimum absolute atomic E-state index is 0. The summed E-state index contributed by atoms with van der Waals surface area (Å²) in [6.07, 6.45) is 7.24. The van der Waals surface area contributed by atoms with E-state index in [1.165, 1.54) is 6.26 Å². The first-order chi connectivity index (χ1) is 14.2. The third-order valence-corrected chi connectivity index (χ3v) is 5.49. The molecule has 1 unspecified atom stereocenters. The van der Waals surface area contributed by atoms with Crippen molar-refractivity contribution >= 4 is 35.8 Å². The zero-order valence-corrected chi connectivity index (χ0v) is 20.4. The summed E-state index contributed by atoms with van der Waals surface area (Å²) in [7, 11) is 1.81. The van der Waals surface area contributed by atoms with Crippen LogP contribution in [0.4, 0.5) is 0 Å². The number of hydrogen-bond donors (Lipinski definition) is 2. The van der Waals surface area contributed by atoms with Crippen molar-refractivity contribution in [1.29, 1.82) is 0 Å². The van der Waals surface area contributed by atoms with Gasteiger partial charge in [0, 0.05) is 45.4 Å². The number of amides is 1. The molecule has 1 amide bonds. The summed E-state index contributed by atoms with van der Waals surface area (Å²) in [6.45, 7) is 6.67. The van der Waals surface area contributed by atoms with Crippen molar-refractivity contribution in [3.63, 3.8) is 0 Å². The summed E-state index contributed by atoms with van der Waals surface area (Å²) >= 11 is 0. The highest BCUT2D eigenvalue weighted by atomic mass is 127. The summed E-state index contributed by atoms with van der Waals surface area (Å²) in [5.41, 5.74) is 0.851. The lowest BCUT2D eigenvalue weighted by Gasteiger charge is -2.34. The lowest BCUT2D eigenvalue weighted by molar-refractivity contribution is -0.0367. The van der Waals surface area contributed by atoms with Crippen molar-refractivity contribution in [3.05, 3.63) is 23.7 Å². The monoisotopic (exact) mass is 534 g/mol. The second-order valence-corrected chi connectivity index (χ2v) is 7.67. The first-order valence-corrected chi connectivity index (χ1v) is 10.7. The van der Waals surface area contributed by atoms with Crippen LogP contribution in [0.3, 0.4) is 0 Å². The van der Waals surface area contributed by atoms with E-state index in [9.17, 15) is 4.79 Å². The lowest BCUT2D eigenvalue weighted by atomic mass is 10.1. The van der Waals surface area contributed by atoms with E-state index in [-0.39, 0.29) is 29.9 Å². The highest BCUT2D eigenvalue weighted by molar-refractivity contribution is 14.0. The molecule has 170 valence electrons. The standard InChI is InChI=1S/C21H34N4O4.HI/c1-16-8-14-28-19(16)20(26)23-9-4-10-24-21(22-2)25-11-6-17(7-12-25)29-15-18-5-3-13-27-18;/h8,14,17-18H,3-7,9-13,15H2,1-2H3,(H,22,24)(H,23,26);1H. The predicted octanol–water partition coefficient (Wildman–Crippen LogP) is 2.56. The fraction of sp³-hybridized carbons (Fsp3) is 0.714. The van der Waals surface area contributed by atoms with E-state index in [0.29, 0.717) is 24.5 Å². The molecule has 2 N–H and O–H groups in total. The Morgan fingerprint density at radius 1 is 1.27 bits per heavy atom. The molecule has 1 aromatic rings. The number of hydrogen-bond acceptors (Lipinski definition) is 5. The Hall–Kier alpha value is -1.33. The van der Waals surface area contributed by atoms with Crippen LogP contribution in [0.2, 0.25) is 0 Å². The Morgan fingerprint density at radius 2 is 2.03 bits per heavy atom. The van der Waals surface area contributed by atoms with Gasteiger partial charge in [-0.1, -0.05) is 0 Å². The van der Waals surface area contributed by atoms with Gasteiger partial charge in [0.1, 0.15) is 0 Å². The highest BCUT2D eigenvalue weighted by Gasteiger charge is 2.24. The molecule has 1 aromatic heterocycles. The summed E-state index contributed by atoms with van der Waals surface area (Å²) < 4.78 is 16.9. The topological polar surface area (TPSA) is 88.3 Å². The number of nitrogens with one attached hydrogen (secondary N) is 2. The summed E-state index contributed by atoms with van der Waals surface area (Å²) in [4.78, 5) is 18.7. The van der Waals surface area contributed by atoms with Crippen molar-refractivity contribution in [1.82, 2.24) is 15.5 Å². The zero-order chi connectivity index (χ0) is 20.5. The maximum Gasteiger partial charge on any atom is 0.287 e. The van der Waals surface area contributed by atoms with E-state index in [4.69, 9.17) is 13.9 Å². The molecule has 0 aliphatic carbocycles. The van der Waals surface area contributed by atoms with Gasteiger partial charge < -0.3 is 29.4 Å². The van der Waals surface area contributed by atoms with E-state index in [1.54, 1.807) is 6.07 Å². The minimum Gasteiger partial charge on any atom is -0.459 e. The number of aliphatic imine (C=N–C) groups is 1. The van der Waals surface area contributed by atoms with Gasteiger partial charge in [-0.3, -0.25) is 9.79 Å². The average molecular weight is 534 g/mol. The van der Waals surface area contributed by atoms with Crippen molar-refractivity contribution in [2.75, 3.05) is 46.4 Å². The number of nitrogens with zero attached hydrogens (tertiary/aromatic N) is 2. The molecule has 0 radical (unpaired) electrons. The Bertz CT molecular complexity index is 668. The molecular weight excluding hydrogens is 499 g/mol. The quantitative estimate of drug-likeness (QED) is 0.231. The number of halogens is 1. The number of piperidine rings is 1. The fourth-order valence-corrected chi connectivity index (χ4v) is 3.76. The number of rotatable bonds is 8. The molecule has 0 saturated carbocycles. The number of likely N-dealkylation sites (tertiary alicyclic amines) is 1. The molecule has 3 rings (SSSR count). The third kappa shape index (κ3) is 7.42. The largest absolute Gasteiger partial charge is 0.459 e. The number of aryl methyl sites for hydroxylation is 1. The maximum atomic E-state index is 12.0. The van der Waals surface area contributed by atoms with Gasteiger partial charge in [-0.25, -0.2) is 0 Å². The molecule has 2 fully saturated rings. The maximum absolute atomic E-state index is 12.0. The number of furan rings is 1. The normalized spacial score (nSPS) is 20.1. The van der Waals surface area contributed by atoms with Crippen molar-refractivity contribution < 1.29 is 18.7 Å². The van der Waals surface area contributed by atoms with Crippen LogP contribution in [0.5, 0.6) is 0 Å². The van der Waals surface area contributed by atoms with E-state index < -0.39 is 0 Å². The molecule has 2 aliphatic heterocycles. The van der Waals surface area contributed by atoms with Crippen molar-refractivity contribution in [3.8, 4) is 0 Å². The molecule has 30 heavy (non-hydrogen) atoms. The van der Waals surface area contributed by atoms with E-state index >= 15 is 0 Å². The fourth-order valence-electron chi connectivity index (χ4n) is 3.76. The Balaban J connectivity index is 0.00000320. The molecule has 0 aromatic carbocycles. The van der Waals surface area contributed by atoms with Gasteiger partial charge in [-0.2, -0.15) is 0 Å². The van der Waals surface area contributed by atoms with Crippen molar-refractivity contribution in [2.45, 2.75) is 51.2 Å². The number of guanidine groups is 1. The van der Waals surface area contributed by atoms with Gasteiger partial charge in [0.05, 0.1) is 25.1 Å². The second kappa shape index (κ2) is 13.2. The molecular formula is C21H35IN4O4. The van der Waals surface area contributed by atoms with Crippen LogP contribution < -0.4 is 10.6 Å². The van der Waals surface area contributed by atoms with Crippen LogP contribution >= 0.6 is 24.0 Å². The molecule has 0 spiro atoms. The van der Waals surface area contributed by atoms with Gasteiger partial charge in [-0.15, -0.1) is 24.0 Å². The van der Waals surface area contributed by atoms with E-state index in [2.05, 4.69) is 20.5 Å². The number of carbonyl (C=O) groups excluding carboxylic acids is 1. The molecule has 2 aliphatic rings. The number of ether oxygens (including phenoxy) is 2. The van der Waals surface area contributed by atoms with Crippen LogP contribution in [0, 0.1) is 6.92 Å². The smallest absolute Gasteiger partial charge is 0.287 e. The minimum atomic E-state index is -0.165. The summed E-state index contributed by atoms with van der Waals surface area (Å²) in [5.74, 6) is 1.14. The predicted molar refractivity (Wildman–Crippen MR) is 127 cm³/mol. The van der Waals surface area contributed by atoms with Crippen LogP contribution in [0.15, 0.2) is 21.7 Å². The Kier molecular flexibility index (Phi) is 10.9. The van der Waals surface area contributed by atoms with Gasteiger partial charge in [0.15, 0.2) is 11.7 Å². The molecule has 2 saturated heterocycles. The molecule has 3 heterocycles. The average Bonchev–Trinajstić information content (AvgIpc) is 3.41. The first-order valence-electron chi connectivity index (χ1n) is 10.7. The van der Waals surface area contributed by atoms with Crippen LogP contribution in [-0.4, -0.2) is 75.4 Å². The van der Waals surface area contributed by atoms with Gasteiger partial charge in [-0.05, 0) is 45.1 Å². The lowest BCUT2D eigenvalue weighted by Crippen LogP contribution is -2.47. The van der Waals surface area contributed by atoms with Crippen molar-refractivity contribution in [2.24, 2.45) is 4.99 Å². The van der Waals surface area contributed by atoms with E-state index in [1.807, 2.05) is 14.0 Å². The second-order valence-electron chi connectivity index (χ2n) is 7.67. The van der Waals surface area contributed by atoms with Gasteiger partial charge >= 0.3 is 0 Å². The summed E-state index contributed by atoms with van der Waals surface area (Å²) in [5, 5.41) is 6.28. The third-order valence-electron chi connectivity index (χ3n) is 5.49. The highest BCUT2D eigenvalue weighted by Crippen LogP contribution is 2.17. The Labute approximate surface area is 196 Å². The van der Waals surface area contributed by atoms with Gasteiger partial charge in [0.25, 0.3) is 5.91 Å². The number of carbonyl (C=O) groups is 1. The SMILES string of the molecule is CN=C(NCCCNC(=O)c1occc1C)N1CCC(OCC2CCCO2)CC1.I. The zero-order valence-electron chi connectivity index (χ0n) is 18.0. The van der Waals surface area contributed by atoms with Crippen LogP contribution in [0.25, 0.3) is 0 Å². The van der Waals surface area contributed by atoms with Crippen LogP contribution in [-0.2, 0) is 9.47 Å².